The van der Waals surface area contributed by atoms with E-state index < -0.39 is 0 Å². The summed E-state index contributed by atoms with van der Waals surface area (Å²) in [4.78, 5) is 5.86. The quantitative estimate of drug-likeness (QED) is 0.866. The van der Waals surface area contributed by atoms with Crippen molar-refractivity contribution < 1.29 is 4.74 Å². The first-order valence-corrected chi connectivity index (χ1v) is 8.58. The van der Waals surface area contributed by atoms with E-state index in [2.05, 4.69) is 22.4 Å². The Labute approximate surface area is 130 Å². The molecule has 2 aromatic rings. The van der Waals surface area contributed by atoms with Crippen LogP contribution in [0.4, 0.5) is 0 Å². The van der Waals surface area contributed by atoms with Crippen LogP contribution in [0.5, 0.6) is 5.75 Å². The molecule has 1 heterocycles. The van der Waals surface area contributed by atoms with Gasteiger partial charge in [0.05, 0.1) is 6.61 Å². The summed E-state index contributed by atoms with van der Waals surface area (Å²) < 4.78 is 5.47. The van der Waals surface area contributed by atoms with Gasteiger partial charge in [-0.15, -0.1) is 11.3 Å². The Hall–Kier alpha value is -1.39. The third-order valence-corrected chi connectivity index (χ3v) is 4.93. The van der Waals surface area contributed by atoms with Crippen LogP contribution in [0, 0.1) is 0 Å². The highest BCUT2D eigenvalue weighted by Gasteiger charge is 2.14. The Bertz CT molecular complexity index is 558. The van der Waals surface area contributed by atoms with Crippen LogP contribution < -0.4 is 10.1 Å². The summed E-state index contributed by atoms with van der Waals surface area (Å²) in [6, 6.07) is 8.89. The van der Waals surface area contributed by atoms with Crippen LogP contribution in [0.2, 0.25) is 0 Å². The van der Waals surface area contributed by atoms with Crippen LogP contribution in [-0.2, 0) is 6.54 Å². The van der Waals surface area contributed by atoms with Crippen LogP contribution in [-0.4, -0.2) is 17.6 Å². The van der Waals surface area contributed by atoms with Gasteiger partial charge in [-0.3, -0.25) is 0 Å². The van der Waals surface area contributed by atoms with Crippen LogP contribution in [0.25, 0.3) is 10.6 Å². The normalized spacial score (nSPS) is 15.5. The molecule has 1 saturated carbocycles. The Kier molecular flexibility index (Phi) is 4.88. The third-order valence-electron chi connectivity index (χ3n) is 3.89. The predicted molar refractivity (Wildman–Crippen MR) is 87.8 cm³/mol. The van der Waals surface area contributed by atoms with Crippen LogP contribution in [0.3, 0.4) is 0 Å². The first-order chi connectivity index (χ1) is 10.3. The standard InChI is InChI=1S/C17H22N2OS/c1-2-20-15-9-7-13(8-10-15)17-19-12-16(21-17)11-18-14-5-3-4-6-14/h7-10,12,14,18H,2-6,11H2,1H3. The minimum Gasteiger partial charge on any atom is -0.494 e. The number of hydrogen-bond acceptors (Lipinski definition) is 4. The molecular weight excluding hydrogens is 280 g/mol. The van der Waals surface area contributed by atoms with E-state index in [1.54, 1.807) is 11.3 Å². The highest BCUT2D eigenvalue weighted by atomic mass is 32.1. The molecule has 1 aliphatic carbocycles. The van der Waals surface area contributed by atoms with Gasteiger partial charge in [-0.1, -0.05) is 12.8 Å². The van der Waals surface area contributed by atoms with E-state index in [1.807, 2.05) is 25.3 Å². The number of thiazole rings is 1. The van der Waals surface area contributed by atoms with Crippen molar-refractivity contribution in [2.75, 3.05) is 6.61 Å². The van der Waals surface area contributed by atoms with Gasteiger partial charge in [0, 0.05) is 29.2 Å². The maximum Gasteiger partial charge on any atom is 0.123 e. The van der Waals surface area contributed by atoms with Gasteiger partial charge in [-0.25, -0.2) is 4.98 Å². The van der Waals surface area contributed by atoms with E-state index in [9.17, 15) is 0 Å². The molecule has 1 fully saturated rings. The molecule has 0 radical (unpaired) electrons. The zero-order valence-electron chi connectivity index (χ0n) is 12.5. The van der Waals surface area contributed by atoms with Gasteiger partial charge >= 0.3 is 0 Å². The molecule has 1 aliphatic rings. The van der Waals surface area contributed by atoms with Crippen molar-refractivity contribution in [3.05, 3.63) is 35.3 Å². The number of nitrogens with one attached hydrogen (secondary N) is 1. The molecule has 0 saturated heterocycles. The van der Waals surface area contributed by atoms with Crippen molar-refractivity contribution >= 4 is 11.3 Å². The fourth-order valence-corrected chi connectivity index (χ4v) is 3.63. The largest absolute Gasteiger partial charge is 0.494 e. The fraction of sp³-hybridized carbons (Fsp3) is 0.471. The van der Waals surface area contributed by atoms with Gasteiger partial charge in [0.2, 0.25) is 0 Å². The summed E-state index contributed by atoms with van der Waals surface area (Å²) in [6.07, 6.45) is 7.39. The molecule has 3 nitrogen and oxygen atoms in total. The SMILES string of the molecule is CCOc1ccc(-c2ncc(CNC3CCCC3)s2)cc1. The van der Waals surface area contributed by atoms with Crippen molar-refractivity contribution in [2.24, 2.45) is 0 Å². The van der Waals surface area contributed by atoms with E-state index in [0.717, 1.165) is 22.9 Å². The summed E-state index contributed by atoms with van der Waals surface area (Å²) in [5.41, 5.74) is 1.16. The zero-order valence-corrected chi connectivity index (χ0v) is 13.3. The van der Waals surface area contributed by atoms with Crippen molar-refractivity contribution in [1.82, 2.24) is 10.3 Å². The predicted octanol–water partition coefficient (Wildman–Crippen LogP) is 4.24. The average Bonchev–Trinajstić information content (AvgIpc) is 3.18. The number of benzene rings is 1. The lowest BCUT2D eigenvalue weighted by Gasteiger charge is -2.09. The van der Waals surface area contributed by atoms with E-state index in [1.165, 1.54) is 30.6 Å². The molecule has 0 bridgehead atoms. The van der Waals surface area contributed by atoms with Crippen molar-refractivity contribution in [2.45, 2.75) is 45.2 Å². The summed E-state index contributed by atoms with van der Waals surface area (Å²) in [5, 5.41) is 4.72. The van der Waals surface area contributed by atoms with Gasteiger partial charge in [-0.2, -0.15) is 0 Å². The number of aromatic nitrogens is 1. The molecule has 0 unspecified atom stereocenters. The molecule has 3 rings (SSSR count). The summed E-state index contributed by atoms with van der Waals surface area (Å²) in [6.45, 7) is 3.64. The molecule has 1 N–H and O–H groups in total. The fourth-order valence-electron chi connectivity index (χ4n) is 2.76. The lowest BCUT2D eigenvalue weighted by molar-refractivity contribution is 0.340. The molecule has 0 aliphatic heterocycles. The molecule has 0 amide bonds. The lowest BCUT2D eigenvalue weighted by Crippen LogP contribution is -2.24. The summed E-state index contributed by atoms with van der Waals surface area (Å²) >= 11 is 1.77. The first-order valence-electron chi connectivity index (χ1n) is 7.76. The summed E-state index contributed by atoms with van der Waals surface area (Å²) in [7, 11) is 0. The molecule has 21 heavy (non-hydrogen) atoms. The topological polar surface area (TPSA) is 34.1 Å². The van der Waals surface area contributed by atoms with E-state index in [4.69, 9.17) is 4.74 Å². The van der Waals surface area contributed by atoms with Crippen molar-refractivity contribution in [3.8, 4) is 16.3 Å². The highest BCUT2D eigenvalue weighted by Crippen LogP contribution is 2.27. The average molecular weight is 302 g/mol. The second-order valence-electron chi connectivity index (χ2n) is 5.45. The Morgan fingerprint density at radius 3 is 2.71 bits per heavy atom. The second-order valence-corrected chi connectivity index (χ2v) is 6.57. The van der Waals surface area contributed by atoms with Crippen molar-refractivity contribution in [3.63, 3.8) is 0 Å². The number of nitrogens with zero attached hydrogens (tertiary/aromatic N) is 1. The summed E-state index contributed by atoms with van der Waals surface area (Å²) in [5.74, 6) is 0.918. The molecule has 0 spiro atoms. The van der Waals surface area contributed by atoms with Gasteiger partial charge < -0.3 is 10.1 Å². The molecule has 0 atom stereocenters. The minimum atomic E-state index is 0.702. The van der Waals surface area contributed by atoms with Crippen LogP contribution in [0.1, 0.15) is 37.5 Å². The molecule has 1 aromatic carbocycles. The number of ether oxygens (including phenoxy) is 1. The zero-order chi connectivity index (χ0) is 14.5. The van der Waals surface area contributed by atoms with E-state index in [0.29, 0.717) is 12.6 Å². The third kappa shape index (κ3) is 3.83. The second kappa shape index (κ2) is 7.05. The maximum absolute atomic E-state index is 5.47. The highest BCUT2D eigenvalue weighted by molar-refractivity contribution is 7.15. The molecule has 1 aromatic heterocycles. The van der Waals surface area contributed by atoms with Crippen LogP contribution >= 0.6 is 11.3 Å². The lowest BCUT2D eigenvalue weighted by atomic mass is 10.2. The van der Waals surface area contributed by atoms with Crippen LogP contribution in [0.15, 0.2) is 30.5 Å². The van der Waals surface area contributed by atoms with Crippen molar-refractivity contribution in [1.29, 1.82) is 0 Å². The van der Waals surface area contributed by atoms with Gasteiger partial charge in [0.25, 0.3) is 0 Å². The molecule has 112 valence electrons. The monoisotopic (exact) mass is 302 g/mol. The van der Waals surface area contributed by atoms with Gasteiger partial charge in [-0.05, 0) is 44.0 Å². The van der Waals surface area contributed by atoms with E-state index >= 15 is 0 Å². The smallest absolute Gasteiger partial charge is 0.123 e. The van der Waals surface area contributed by atoms with Gasteiger partial charge in [0.1, 0.15) is 10.8 Å². The Morgan fingerprint density at radius 1 is 1.24 bits per heavy atom. The maximum atomic E-state index is 5.47. The molecule has 4 heteroatoms. The minimum absolute atomic E-state index is 0.702. The Morgan fingerprint density at radius 2 is 2.00 bits per heavy atom. The number of rotatable bonds is 6. The van der Waals surface area contributed by atoms with E-state index in [-0.39, 0.29) is 0 Å². The van der Waals surface area contributed by atoms with Gasteiger partial charge in [0.15, 0.2) is 0 Å². The first kappa shape index (κ1) is 14.5. The number of hydrogen-bond donors (Lipinski definition) is 1. The Balaban J connectivity index is 1.60. The molecular formula is C17H22N2OS.